The maximum atomic E-state index is 14.1. The molecular formula is C30H38N4O9. The molecule has 3 aliphatic carbocycles. The molecule has 1 saturated heterocycles. The predicted octanol–water partition coefficient (Wildman–Crippen LogP) is 0.786. The molecule has 7 N–H and O–H groups in total. The number of hydrogen-bond acceptors (Lipinski definition) is 11. The summed E-state index contributed by atoms with van der Waals surface area (Å²) in [6, 6.07) is -0.144. The van der Waals surface area contributed by atoms with Gasteiger partial charge in [0.15, 0.2) is 17.1 Å². The number of likely N-dealkylation sites (N-methyl/N-ethyl adjacent to an activating group) is 2. The van der Waals surface area contributed by atoms with E-state index in [2.05, 4.69) is 5.32 Å². The second-order valence-corrected chi connectivity index (χ2v) is 12.1. The molecule has 2 fully saturated rings. The third kappa shape index (κ3) is 4.57. The van der Waals surface area contributed by atoms with Crippen molar-refractivity contribution < 1.29 is 44.3 Å². The first kappa shape index (κ1) is 30.5. The number of carbonyl (C=O) groups excluding carboxylic acids is 4. The third-order valence-corrected chi connectivity index (χ3v) is 9.48. The Kier molecular flexibility index (Phi) is 7.78. The van der Waals surface area contributed by atoms with Crippen molar-refractivity contribution in [1.29, 1.82) is 0 Å². The zero-order valence-electron chi connectivity index (χ0n) is 24.6. The Bertz CT molecular complexity index is 1480. The highest BCUT2D eigenvalue weighted by Gasteiger charge is 2.64. The number of likely N-dealkylation sites (tertiary alicyclic amines) is 1. The lowest BCUT2D eigenvalue weighted by molar-refractivity contribution is -0.153. The summed E-state index contributed by atoms with van der Waals surface area (Å²) >= 11 is 0. The van der Waals surface area contributed by atoms with Crippen LogP contribution in [0.2, 0.25) is 0 Å². The number of nitrogens with two attached hydrogens (primary N) is 1. The van der Waals surface area contributed by atoms with Gasteiger partial charge < -0.3 is 36.2 Å². The monoisotopic (exact) mass is 598 g/mol. The number of methoxy groups -OCH3 is 1. The van der Waals surface area contributed by atoms with Crippen LogP contribution in [0.3, 0.4) is 0 Å². The lowest BCUT2D eigenvalue weighted by atomic mass is 9.57. The van der Waals surface area contributed by atoms with Gasteiger partial charge in [0.2, 0.25) is 11.7 Å². The number of phenolic OH excluding ortho intramolecular Hbond substituents is 1. The molecule has 232 valence electrons. The van der Waals surface area contributed by atoms with Crippen molar-refractivity contribution in [3.8, 4) is 11.5 Å². The molecule has 5 atom stereocenters. The Hall–Kier alpha value is -3.94. The quantitative estimate of drug-likeness (QED) is 0.207. The van der Waals surface area contributed by atoms with Crippen LogP contribution in [0, 0.1) is 11.8 Å². The Balaban J connectivity index is 1.62. The van der Waals surface area contributed by atoms with Crippen LogP contribution in [-0.4, -0.2) is 106 Å². The van der Waals surface area contributed by atoms with Gasteiger partial charge in [0.1, 0.15) is 22.8 Å². The van der Waals surface area contributed by atoms with Crippen LogP contribution in [0.1, 0.15) is 43.2 Å². The minimum absolute atomic E-state index is 0.0293. The van der Waals surface area contributed by atoms with Crippen molar-refractivity contribution in [3.63, 3.8) is 0 Å². The minimum atomic E-state index is -2.74. The molecule has 1 heterocycles. The van der Waals surface area contributed by atoms with E-state index in [1.165, 1.54) is 32.2 Å². The molecule has 1 aromatic carbocycles. The lowest BCUT2D eigenvalue weighted by Gasteiger charge is -2.50. The highest BCUT2D eigenvalue weighted by atomic mass is 16.5. The molecule has 0 aromatic heterocycles. The van der Waals surface area contributed by atoms with Crippen molar-refractivity contribution in [2.24, 2.45) is 17.6 Å². The number of benzene rings is 1. The number of ether oxygens (including phenoxy) is 1. The summed E-state index contributed by atoms with van der Waals surface area (Å²) in [4.78, 5) is 56.1. The fourth-order valence-electron chi connectivity index (χ4n) is 7.35. The zero-order chi connectivity index (χ0) is 31.5. The van der Waals surface area contributed by atoms with Crippen LogP contribution >= 0.6 is 0 Å². The summed E-state index contributed by atoms with van der Waals surface area (Å²) in [5.41, 5.74) is 1.67. The SMILES string of the molecule is COc1cc(NC(=O)C2CCCCCN2C)c(O)c2c1C[C@H]1C[C@H]3[C@H](N(C)C)C(=O)C(C(N)=O)=C(O)[C@@]3(O)C(=O)C1=C2O. The van der Waals surface area contributed by atoms with Gasteiger partial charge in [0, 0.05) is 23.1 Å². The van der Waals surface area contributed by atoms with Crippen molar-refractivity contribution in [3.05, 3.63) is 34.1 Å². The molecule has 1 aliphatic heterocycles. The molecule has 0 bridgehead atoms. The third-order valence-electron chi connectivity index (χ3n) is 9.48. The first-order valence-electron chi connectivity index (χ1n) is 14.3. The summed E-state index contributed by atoms with van der Waals surface area (Å²) in [5.74, 6) is -7.55. The van der Waals surface area contributed by atoms with Crippen LogP contribution in [0.4, 0.5) is 5.69 Å². The molecule has 1 saturated carbocycles. The maximum Gasteiger partial charge on any atom is 0.255 e. The van der Waals surface area contributed by atoms with Crippen molar-refractivity contribution in [2.45, 2.75) is 56.2 Å². The number of rotatable bonds is 5. The number of primary amides is 1. The van der Waals surface area contributed by atoms with Gasteiger partial charge in [-0.05, 0) is 59.3 Å². The van der Waals surface area contributed by atoms with Crippen LogP contribution < -0.4 is 15.8 Å². The maximum absolute atomic E-state index is 14.1. The number of Topliss-reactive ketones (excluding diaryl/α,β-unsaturated/α-hetero) is 2. The van der Waals surface area contributed by atoms with Gasteiger partial charge in [-0.2, -0.15) is 0 Å². The van der Waals surface area contributed by atoms with Gasteiger partial charge in [-0.1, -0.05) is 12.8 Å². The Labute approximate surface area is 248 Å². The number of amides is 2. The van der Waals surface area contributed by atoms with E-state index in [9.17, 15) is 39.6 Å². The Morgan fingerprint density at radius 2 is 1.86 bits per heavy atom. The van der Waals surface area contributed by atoms with Crippen LogP contribution in [0.5, 0.6) is 11.5 Å². The number of aromatic hydroxyl groups is 1. The van der Waals surface area contributed by atoms with Gasteiger partial charge in [0.05, 0.1) is 30.4 Å². The van der Waals surface area contributed by atoms with E-state index < -0.39 is 69.8 Å². The van der Waals surface area contributed by atoms with E-state index in [0.717, 1.165) is 25.8 Å². The van der Waals surface area contributed by atoms with Crippen molar-refractivity contribution in [2.75, 3.05) is 40.1 Å². The molecule has 2 amide bonds. The van der Waals surface area contributed by atoms with Gasteiger partial charge in [-0.15, -0.1) is 0 Å². The summed E-state index contributed by atoms with van der Waals surface area (Å²) in [6.07, 6.45) is 3.52. The molecule has 0 spiro atoms. The average molecular weight is 599 g/mol. The van der Waals surface area contributed by atoms with E-state index in [1.54, 1.807) is 0 Å². The topological polar surface area (TPSA) is 203 Å². The highest BCUT2D eigenvalue weighted by Crippen LogP contribution is 2.54. The molecule has 43 heavy (non-hydrogen) atoms. The van der Waals surface area contributed by atoms with Crippen LogP contribution in [0.15, 0.2) is 23.0 Å². The number of aliphatic hydroxyl groups is 3. The van der Waals surface area contributed by atoms with Crippen LogP contribution in [0.25, 0.3) is 5.76 Å². The number of carbonyl (C=O) groups is 4. The molecule has 13 nitrogen and oxygen atoms in total. The zero-order valence-corrected chi connectivity index (χ0v) is 24.6. The van der Waals surface area contributed by atoms with Crippen LogP contribution in [-0.2, 0) is 25.6 Å². The fraction of sp³-hybridized carbons (Fsp3) is 0.533. The second kappa shape index (κ2) is 11.0. The van der Waals surface area contributed by atoms with Crippen molar-refractivity contribution >= 4 is 34.8 Å². The summed E-state index contributed by atoms with van der Waals surface area (Å²) in [5, 5.41) is 48.4. The molecule has 1 aromatic rings. The predicted molar refractivity (Wildman–Crippen MR) is 154 cm³/mol. The molecule has 5 rings (SSSR count). The number of fused-ring (bicyclic) bond motifs is 3. The van der Waals surface area contributed by atoms with E-state index in [4.69, 9.17) is 10.5 Å². The first-order chi connectivity index (χ1) is 20.2. The fourth-order valence-corrected chi connectivity index (χ4v) is 7.35. The van der Waals surface area contributed by atoms with Gasteiger partial charge in [0.25, 0.3) is 5.91 Å². The van der Waals surface area contributed by atoms with E-state index in [-0.39, 0.29) is 41.3 Å². The molecule has 4 aliphatic rings. The Morgan fingerprint density at radius 3 is 2.49 bits per heavy atom. The van der Waals surface area contributed by atoms with E-state index in [0.29, 0.717) is 12.0 Å². The minimum Gasteiger partial charge on any atom is -0.508 e. The van der Waals surface area contributed by atoms with Gasteiger partial charge in [-0.3, -0.25) is 29.0 Å². The summed E-state index contributed by atoms with van der Waals surface area (Å²) in [6.45, 7) is 0.747. The lowest BCUT2D eigenvalue weighted by Crippen LogP contribution is -2.65. The van der Waals surface area contributed by atoms with E-state index >= 15 is 0 Å². The summed E-state index contributed by atoms with van der Waals surface area (Å²) < 4.78 is 5.59. The van der Waals surface area contributed by atoms with Crippen molar-refractivity contribution in [1.82, 2.24) is 9.80 Å². The van der Waals surface area contributed by atoms with Gasteiger partial charge in [-0.25, -0.2) is 0 Å². The molecule has 13 heteroatoms. The normalized spacial score (nSPS) is 29.5. The number of aliphatic hydroxyl groups excluding tert-OH is 2. The highest BCUT2D eigenvalue weighted by molar-refractivity contribution is 6.24. The van der Waals surface area contributed by atoms with Gasteiger partial charge >= 0.3 is 0 Å². The summed E-state index contributed by atoms with van der Waals surface area (Å²) in [7, 11) is 6.34. The largest absolute Gasteiger partial charge is 0.508 e. The smallest absolute Gasteiger partial charge is 0.255 e. The number of hydrogen-bond donors (Lipinski definition) is 6. The second-order valence-electron chi connectivity index (χ2n) is 12.1. The average Bonchev–Trinajstić information content (AvgIpc) is 3.15. The Morgan fingerprint density at radius 1 is 1.16 bits per heavy atom. The number of phenols is 1. The number of ketones is 2. The first-order valence-corrected chi connectivity index (χ1v) is 14.3. The number of nitrogens with one attached hydrogen (secondary N) is 1. The van der Waals surface area contributed by atoms with E-state index in [1.807, 2.05) is 11.9 Å². The standard InChI is InChI=1S/C30H38N4O9/c1-33(2)22-15-11-13-10-14-18(43-4)12-16(32-29(41)17-8-6-5-7-9-34(17)3)23(35)20(14)24(36)19(13)26(38)30(15,42)27(39)21(25(22)37)28(31)40/h12-13,15,17,22,35-36,39,42H,5-11H2,1-4H3,(H2,31,40)(H,32,41)/t13-,15-,17?,22-,30-/m0/s1. The molecule has 1 unspecified atom stereocenters. The number of anilines is 1. The molecule has 0 radical (unpaired) electrons. The molecular weight excluding hydrogens is 560 g/mol. The number of nitrogens with zero attached hydrogens (tertiary/aromatic N) is 2.